The van der Waals surface area contributed by atoms with E-state index in [4.69, 9.17) is 44.3 Å². The summed E-state index contributed by atoms with van der Waals surface area (Å²) in [6, 6.07) is 3.22. The maximum absolute atomic E-state index is 6.05. The van der Waals surface area contributed by atoms with Crippen LogP contribution in [0.25, 0.3) is 0 Å². The summed E-state index contributed by atoms with van der Waals surface area (Å²) in [5.74, 6) is 0.478. The van der Waals surface area contributed by atoms with Gasteiger partial charge in [-0.3, -0.25) is 0 Å². The average molecular weight is 294 g/mol. The second-order valence-corrected chi connectivity index (χ2v) is 4.97. The van der Waals surface area contributed by atoms with Crippen molar-refractivity contribution in [2.45, 2.75) is 18.6 Å². The van der Waals surface area contributed by atoms with Crippen molar-refractivity contribution in [1.29, 1.82) is 0 Å². The van der Waals surface area contributed by atoms with Crippen LogP contribution in [0.15, 0.2) is 24.8 Å². The molecule has 2 nitrogen and oxygen atoms in total. The van der Waals surface area contributed by atoms with Gasteiger partial charge in [-0.25, -0.2) is 0 Å². The molecular formula is C12H11Cl3O2. The Morgan fingerprint density at radius 2 is 2.18 bits per heavy atom. The molecule has 1 aromatic carbocycles. The number of hydrogen-bond acceptors (Lipinski definition) is 2. The lowest BCUT2D eigenvalue weighted by molar-refractivity contribution is 0.162. The van der Waals surface area contributed by atoms with E-state index in [0.717, 1.165) is 0 Å². The maximum atomic E-state index is 6.05. The van der Waals surface area contributed by atoms with Crippen molar-refractivity contribution in [2.24, 2.45) is 0 Å². The fourth-order valence-electron chi connectivity index (χ4n) is 1.49. The lowest BCUT2D eigenvalue weighted by atomic mass is 10.2. The van der Waals surface area contributed by atoms with Crippen molar-refractivity contribution in [3.05, 3.63) is 39.9 Å². The number of hydrogen-bond donors (Lipinski definition) is 0. The van der Waals surface area contributed by atoms with Crippen LogP contribution < -0.4 is 4.74 Å². The first-order valence-electron chi connectivity index (χ1n) is 5.15. The molecule has 0 aliphatic carbocycles. The molecule has 0 N–H and O–H groups in total. The van der Waals surface area contributed by atoms with E-state index < -0.39 is 0 Å². The van der Waals surface area contributed by atoms with E-state index in [0.29, 0.717) is 33.8 Å². The second kappa shape index (κ2) is 5.49. The van der Waals surface area contributed by atoms with Gasteiger partial charge in [0.1, 0.15) is 23.0 Å². The van der Waals surface area contributed by atoms with Crippen LogP contribution in [-0.4, -0.2) is 18.8 Å². The normalized spacial score (nSPS) is 19.8. The first kappa shape index (κ1) is 13.0. The van der Waals surface area contributed by atoms with Crippen LogP contribution in [0.5, 0.6) is 5.75 Å². The van der Waals surface area contributed by atoms with Gasteiger partial charge in [0.25, 0.3) is 0 Å². The van der Waals surface area contributed by atoms with Gasteiger partial charge < -0.3 is 9.47 Å². The Hall–Kier alpha value is -0.410. The van der Waals surface area contributed by atoms with Crippen molar-refractivity contribution < 1.29 is 9.47 Å². The zero-order valence-corrected chi connectivity index (χ0v) is 11.2. The lowest BCUT2D eigenvalue weighted by Crippen LogP contribution is -2.22. The molecule has 1 saturated heterocycles. The molecule has 1 aromatic rings. The van der Waals surface area contributed by atoms with Crippen molar-refractivity contribution in [3.63, 3.8) is 0 Å². The third kappa shape index (κ3) is 3.29. The molecule has 17 heavy (non-hydrogen) atoms. The van der Waals surface area contributed by atoms with Gasteiger partial charge in [0.2, 0.25) is 0 Å². The van der Waals surface area contributed by atoms with Gasteiger partial charge in [0.05, 0.1) is 11.6 Å². The molecule has 0 spiro atoms. The molecule has 1 aliphatic heterocycles. The van der Waals surface area contributed by atoms with E-state index in [1.54, 1.807) is 18.2 Å². The van der Waals surface area contributed by atoms with Gasteiger partial charge in [-0.05, 0) is 6.07 Å². The number of halogens is 3. The zero-order valence-electron chi connectivity index (χ0n) is 8.96. The summed E-state index contributed by atoms with van der Waals surface area (Å²) in [5, 5.41) is 1.23. The molecule has 1 heterocycles. The summed E-state index contributed by atoms with van der Waals surface area (Å²) in [6.07, 6.45) is 2.47. The van der Waals surface area contributed by atoms with Gasteiger partial charge in [0.15, 0.2) is 0 Å². The fraction of sp³-hybridized carbons (Fsp3) is 0.333. The number of benzene rings is 1. The minimum absolute atomic E-state index is 0.0977. The summed E-state index contributed by atoms with van der Waals surface area (Å²) < 4.78 is 11.0. The van der Waals surface area contributed by atoms with E-state index >= 15 is 0 Å². The van der Waals surface area contributed by atoms with Crippen LogP contribution in [0, 0.1) is 0 Å². The molecule has 0 radical (unpaired) electrons. The summed E-state index contributed by atoms with van der Waals surface area (Å²) in [5.41, 5.74) is 0. The Kier molecular flexibility index (Phi) is 4.21. The third-order valence-electron chi connectivity index (χ3n) is 2.41. The summed E-state index contributed by atoms with van der Waals surface area (Å²) in [6.45, 7) is 4.39. The molecule has 0 amide bonds. The number of epoxide rings is 1. The van der Waals surface area contributed by atoms with E-state index in [1.807, 2.05) is 0 Å². The molecule has 92 valence electrons. The van der Waals surface area contributed by atoms with Crippen LogP contribution in [0.3, 0.4) is 0 Å². The minimum Gasteiger partial charge on any atom is -0.486 e. The van der Waals surface area contributed by atoms with Gasteiger partial charge in [-0.1, -0.05) is 40.9 Å². The van der Waals surface area contributed by atoms with Crippen LogP contribution >= 0.6 is 34.8 Å². The first-order chi connectivity index (χ1) is 8.11. The van der Waals surface area contributed by atoms with Crippen LogP contribution in [0.2, 0.25) is 15.1 Å². The predicted molar refractivity (Wildman–Crippen MR) is 70.4 cm³/mol. The Morgan fingerprint density at radius 3 is 2.76 bits per heavy atom. The largest absolute Gasteiger partial charge is 0.486 e. The van der Waals surface area contributed by atoms with E-state index in [1.165, 1.54) is 0 Å². The average Bonchev–Trinajstić information content (AvgIpc) is 3.08. The third-order valence-corrected chi connectivity index (χ3v) is 3.41. The van der Waals surface area contributed by atoms with Crippen molar-refractivity contribution in [2.75, 3.05) is 6.61 Å². The smallest absolute Gasteiger partial charge is 0.141 e. The van der Waals surface area contributed by atoms with Gasteiger partial charge >= 0.3 is 0 Å². The number of ether oxygens (including phenoxy) is 2. The highest BCUT2D eigenvalue weighted by molar-refractivity contribution is 6.44. The molecule has 5 heteroatoms. The quantitative estimate of drug-likeness (QED) is 0.457. The zero-order chi connectivity index (χ0) is 12.4. The van der Waals surface area contributed by atoms with Gasteiger partial charge in [0, 0.05) is 17.5 Å². The number of rotatable bonds is 5. The van der Waals surface area contributed by atoms with Gasteiger partial charge in [-0.15, -0.1) is 6.58 Å². The minimum atomic E-state index is -0.0977. The fourth-order valence-corrected chi connectivity index (χ4v) is 2.12. The molecule has 0 aromatic heterocycles. The standard InChI is InChI=1S/C12H11Cl3O2/c1-2-3-9(11-6-16-11)17-10-5-7(13)4-8(14)12(10)15/h2,4-5,9,11H,1,3,6H2. The van der Waals surface area contributed by atoms with E-state index in [9.17, 15) is 0 Å². The van der Waals surface area contributed by atoms with Crippen LogP contribution in [0.1, 0.15) is 6.42 Å². The highest BCUT2D eigenvalue weighted by Crippen LogP contribution is 2.37. The maximum Gasteiger partial charge on any atom is 0.141 e. The van der Waals surface area contributed by atoms with Crippen LogP contribution in [0.4, 0.5) is 0 Å². The Balaban J connectivity index is 2.18. The van der Waals surface area contributed by atoms with Crippen molar-refractivity contribution in [1.82, 2.24) is 0 Å². The van der Waals surface area contributed by atoms with Crippen molar-refractivity contribution in [3.8, 4) is 5.75 Å². The highest BCUT2D eigenvalue weighted by atomic mass is 35.5. The molecule has 1 aliphatic rings. The molecule has 0 bridgehead atoms. The summed E-state index contributed by atoms with van der Waals surface area (Å²) >= 11 is 17.9. The topological polar surface area (TPSA) is 21.8 Å². The van der Waals surface area contributed by atoms with Gasteiger partial charge in [-0.2, -0.15) is 0 Å². The molecule has 2 rings (SSSR count). The SMILES string of the molecule is C=CCC(Oc1cc(Cl)cc(Cl)c1Cl)C1CO1. The Morgan fingerprint density at radius 1 is 1.47 bits per heavy atom. The molecule has 2 atom stereocenters. The van der Waals surface area contributed by atoms with Crippen molar-refractivity contribution >= 4 is 34.8 Å². The first-order valence-corrected chi connectivity index (χ1v) is 6.29. The summed E-state index contributed by atoms with van der Waals surface area (Å²) in [4.78, 5) is 0. The summed E-state index contributed by atoms with van der Waals surface area (Å²) in [7, 11) is 0. The molecule has 1 fully saturated rings. The Bertz CT molecular complexity index is 430. The monoisotopic (exact) mass is 292 g/mol. The van der Waals surface area contributed by atoms with E-state index in [-0.39, 0.29) is 12.2 Å². The molecule has 2 unspecified atom stereocenters. The lowest BCUT2D eigenvalue weighted by Gasteiger charge is -2.17. The second-order valence-electron chi connectivity index (χ2n) is 3.75. The molecule has 0 saturated carbocycles. The van der Waals surface area contributed by atoms with Crippen LogP contribution in [-0.2, 0) is 4.74 Å². The molecular weight excluding hydrogens is 282 g/mol. The van der Waals surface area contributed by atoms with E-state index in [2.05, 4.69) is 6.58 Å². The highest BCUT2D eigenvalue weighted by Gasteiger charge is 2.34. The Labute approximate surface area is 115 Å². The predicted octanol–water partition coefficient (Wildman–Crippen LogP) is 4.37.